The van der Waals surface area contributed by atoms with Crippen molar-refractivity contribution in [2.45, 2.75) is 19.8 Å². The van der Waals surface area contributed by atoms with E-state index < -0.39 is 0 Å². The molecule has 2 aromatic rings. The van der Waals surface area contributed by atoms with Crippen LogP contribution in [0.25, 0.3) is 11.1 Å². The van der Waals surface area contributed by atoms with Crippen molar-refractivity contribution in [2.75, 3.05) is 21.3 Å². The summed E-state index contributed by atoms with van der Waals surface area (Å²) in [4.78, 5) is 0. The van der Waals surface area contributed by atoms with E-state index in [-0.39, 0.29) is 0 Å². The number of rotatable bonds is 7. The number of ether oxygens (including phenoxy) is 3. The van der Waals surface area contributed by atoms with Gasteiger partial charge in [-0.25, -0.2) is 0 Å². The second-order valence-corrected chi connectivity index (χ2v) is 4.99. The second-order valence-electron chi connectivity index (χ2n) is 4.99. The largest absolute Gasteiger partial charge is 0.380 e. The zero-order chi connectivity index (χ0) is 15.1. The van der Waals surface area contributed by atoms with Crippen LogP contribution in [-0.2, 0) is 34.0 Å². The van der Waals surface area contributed by atoms with Gasteiger partial charge in [-0.15, -0.1) is 0 Å². The van der Waals surface area contributed by atoms with Crippen molar-refractivity contribution in [3.63, 3.8) is 0 Å². The Balaban J connectivity index is 2.32. The average molecular weight is 286 g/mol. The molecule has 3 nitrogen and oxygen atoms in total. The molecule has 0 atom stereocenters. The molecular formula is C18H22O3. The molecule has 2 aromatic carbocycles. The first-order valence-corrected chi connectivity index (χ1v) is 6.96. The standard InChI is InChI=1S/C18H22O3/c1-19-11-14-4-7-16(8-5-14)18-9-6-15(12-20-2)10-17(18)13-21-3/h4-10H,11-13H2,1-3H3. The van der Waals surface area contributed by atoms with Gasteiger partial charge in [-0.3, -0.25) is 0 Å². The lowest BCUT2D eigenvalue weighted by Gasteiger charge is -2.12. The zero-order valence-electron chi connectivity index (χ0n) is 12.9. The molecule has 0 fully saturated rings. The van der Waals surface area contributed by atoms with Gasteiger partial charge in [-0.05, 0) is 27.8 Å². The third-order valence-electron chi connectivity index (χ3n) is 3.36. The van der Waals surface area contributed by atoms with Gasteiger partial charge in [0.15, 0.2) is 0 Å². The van der Waals surface area contributed by atoms with Gasteiger partial charge in [0.1, 0.15) is 0 Å². The smallest absolute Gasteiger partial charge is 0.0719 e. The predicted octanol–water partition coefficient (Wildman–Crippen LogP) is 3.79. The number of hydrogen-bond acceptors (Lipinski definition) is 3. The summed E-state index contributed by atoms with van der Waals surface area (Å²) < 4.78 is 15.7. The highest BCUT2D eigenvalue weighted by atomic mass is 16.5. The van der Waals surface area contributed by atoms with Crippen molar-refractivity contribution < 1.29 is 14.2 Å². The maximum atomic E-state index is 5.32. The maximum absolute atomic E-state index is 5.32. The van der Waals surface area contributed by atoms with E-state index in [1.54, 1.807) is 21.3 Å². The summed E-state index contributed by atoms with van der Waals surface area (Å²) in [5.74, 6) is 0. The van der Waals surface area contributed by atoms with Gasteiger partial charge in [-0.2, -0.15) is 0 Å². The summed E-state index contributed by atoms with van der Waals surface area (Å²) in [6.07, 6.45) is 0. The normalized spacial score (nSPS) is 10.8. The molecule has 0 bridgehead atoms. The van der Waals surface area contributed by atoms with Crippen LogP contribution in [0.2, 0.25) is 0 Å². The van der Waals surface area contributed by atoms with Crippen LogP contribution >= 0.6 is 0 Å². The molecule has 0 aliphatic carbocycles. The summed E-state index contributed by atoms with van der Waals surface area (Å²) in [6.45, 7) is 1.84. The molecule has 0 heterocycles. The Hall–Kier alpha value is -1.68. The maximum Gasteiger partial charge on any atom is 0.0719 e. The van der Waals surface area contributed by atoms with Crippen molar-refractivity contribution >= 4 is 0 Å². The Morgan fingerprint density at radius 1 is 0.667 bits per heavy atom. The van der Waals surface area contributed by atoms with Gasteiger partial charge in [0.2, 0.25) is 0 Å². The van der Waals surface area contributed by atoms with E-state index in [1.165, 1.54) is 22.3 Å². The van der Waals surface area contributed by atoms with Crippen molar-refractivity contribution in [1.29, 1.82) is 0 Å². The zero-order valence-corrected chi connectivity index (χ0v) is 12.9. The van der Waals surface area contributed by atoms with Gasteiger partial charge < -0.3 is 14.2 Å². The van der Waals surface area contributed by atoms with E-state index in [0.717, 1.165) is 5.56 Å². The van der Waals surface area contributed by atoms with Crippen LogP contribution in [0.3, 0.4) is 0 Å². The van der Waals surface area contributed by atoms with Crippen molar-refractivity contribution in [3.8, 4) is 11.1 Å². The Labute approximate surface area is 126 Å². The van der Waals surface area contributed by atoms with Gasteiger partial charge >= 0.3 is 0 Å². The summed E-state index contributed by atoms with van der Waals surface area (Å²) >= 11 is 0. The Kier molecular flexibility index (Phi) is 5.93. The summed E-state index contributed by atoms with van der Waals surface area (Å²) in [6, 6.07) is 14.8. The molecule has 0 saturated heterocycles. The highest BCUT2D eigenvalue weighted by molar-refractivity contribution is 5.68. The molecule has 0 unspecified atom stereocenters. The fraction of sp³-hybridized carbons (Fsp3) is 0.333. The Morgan fingerprint density at radius 3 is 1.86 bits per heavy atom. The van der Waals surface area contributed by atoms with Gasteiger partial charge in [0, 0.05) is 21.3 Å². The van der Waals surface area contributed by atoms with E-state index in [9.17, 15) is 0 Å². The lowest BCUT2D eigenvalue weighted by molar-refractivity contribution is 0.180. The van der Waals surface area contributed by atoms with Crippen LogP contribution in [0.15, 0.2) is 42.5 Å². The molecule has 3 heteroatoms. The minimum atomic E-state index is 0.590. The topological polar surface area (TPSA) is 27.7 Å². The van der Waals surface area contributed by atoms with E-state index in [0.29, 0.717) is 19.8 Å². The molecule has 0 radical (unpaired) electrons. The van der Waals surface area contributed by atoms with Crippen LogP contribution in [0.5, 0.6) is 0 Å². The fourth-order valence-corrected chi connectivity index (χ4v) is 2.41. The molecule has 0 spiro atoms. The van der Waals surface area contributed by atoms with E-state index in [4.69, 9.17) is 14.2 Å². The van der Waals surface area contributed by atoms with Crippen LogP contribution in [0, 0.1) is 0 Å². The molecule has 0 N–H and O–H groups in total. The summed E-state index contributed by atoms with van der Waals surface area (Å²) in [5, 5.41) is 0. The van der Waals surface area contributed by atoms with Crippen molar-refractivity contribution in [1.82, 2.24) is 0 Å². The number of methoxy groups -OCH3 is 3. The van der Waals surface area contributed by atoms with Crippen LogP contribution in [0.4, 0.5) is 0 Å². The third-order valence-corrected chi connectivity index (χ3v) is 3.36. The first kappa shape index (κ1) is 15.7. The van der Waals surface area contributed by atoms with E-state index in [2.05, 4.69) is 42.5 Å². The second kappa shape index (κ2) is 7.93. The molecule has 0 aliphatic rings. The highest BCUT2D eigenvalue weighted by Crippen LogP contribution is 2.26. The molecule has 0 aliphatic heterocycles. The molecule has 2 rings (SSSR count). The average Bonchev–Trinajstić information content (AvgIpc) is 2.50. The molecular weight excluding hydrogens is 264 g/mol. The van der Waals surface area contributed by atoms with Crippen molar-refractivity contribution in [2.24, 2.45) is 0 Å². The molecule has 0 amide bonds. The molecule has 21 heavy (non-hydrogen) atoms. The third kappa shape index (κ3) is 4.14. The van der Waals surface area contributed by atoms with Crippen LogP contribution in [-0.4, -0.2) is 21.3 Å². The SMILES string of the molecule is COCc1ccc(-c2ccc(COC)cc2COC)cc1. The quantitative estimate of drug-likeness (QED) is 0.775. The molecule has 0 saturated carbocycles. The summed E-state index contributed by atoms with van der Waals surface area (Å²) in [5.41, 5.74) is 5.88. The minimum Gasteiger partial charge on any atom is -0.380 e. The predicted molar refractivity (Wildman–Crippen MR) is 84.0 cm³/mol. The van der Waals surface area contributed by atoms with E-state index >= 15 is 0 Å². The van der Waals surface area contributed by atoms with Gasteiger partial charge in [-0.1, -0.05) is 42.5 Å². The Morgan fingerprint density at radius 2 is 1.24 bits per heavy atom. The lowest BCUT2D eigenvalue weighted by Crippen LogP contribution is -1.96. The monoisotopic (exact) mass is 286 g/mol. The Bertz CT molecular complexity index is 561. The van der Waals surface area contributed by atoms with Gasteiger partial charge in [0.25, 0.3) is 0 Å². The van der Waals surface area contributed by atoms with Crippen molar-refractivity contribution in [3.05, 3.63) is 59.2 Å². The minimum absolute atomic E-state index is 0.590. The first-order chi connectivity index (χ1) is 10.3. The van der Waals surface area contributed by atoms with Crippen LogP contribution < -0.4 is 0 Å². The molecule has 112 valence electrons. The number of benzene rings is 2. The summed E-state index contributed by atoms with van der Waals surface area (Å²) in [7, 11) is 5.13. The van der Waals surface area contributed by atoms with Crippen LogP contribution in [0.1, 0.15) is 16.7 Å². The van der Waals surface area contributed by atoms with Gasteiger partial charge in [0.05, 0.1) is 19.8 Å². The fourth-order valence-electron chi connectivity index (χ4n) is 2.41. The van der Waals surface area contributed by atoms with E-state index in [1.807, 2.05) is 0 Å². The first-order valence-electron chi connectivity index (χ1n) is 6.96. The lowest BCUT2D eigenvalue weighted by atomic mass is 9.97. The molecule has 0 aromatic heterocycles. The number of hydrogen-bond donors (Lipinski definition) is 0. The highest BCUT2D eigenvalue weighted by Gasteiger charge is 2.07.